The van der Waals surface area contributed by atoms with Gasteiger partial charge in [-0.1, -0.05) is 25.5 Å². The number of allylic oxidation sites excluding steroid dienone is 2. The van der Waals surface area contributed by atoms with Gasteiger partial charge < -0.3 is 14.6 Å². The maximum atomic E-state index is 12.4. The van der Waals surface area contributed by atoms with E-state index in [9.17, 15) is 9.90 Å². The second-order valence-electron chi connectivity index (χ2n) is 10.5. The standard InChI is InChI=1S/C23H34O4/c1-15(24)23(25)11-8-19-17-5-4-16-6-10-22(26-12-13-27-22)14-20(16,2)18(17)7-9-21(19,23)3/h4,17-19,25H,5-14H2,1-3H3/t17-,18-,19-,20-,21-,23-/m0/s1. The smallest absolute Gasteiger partial charge is 0.169 e. The number of rotatable bonds is 1. The molecule has 0 unspecified atom stereocenters. The lowest BCUT2D eigenvalue weighted by Crippen LogP contribution is -2.58. The summed E-state index contributed by atoms with van der Waals surface area (Å²) in [7, 11) is 0. The number of ketones is 1. The van der Waals surface area contributed by atoms with Crippen LogP contribution >= 0.6 is 0 Å². The molecule has 3 saturated carbocycles. The van der Waals surface area contributed by atoms with Crippen LogP contribution in [0.25, 0.3) is 0 Å². The van der Waals surface area contributed by atoms with Gasteiger partial charge in [0, 0.05) is 18.3 Å². The monoisotopic (exact) mass is 374 g/mol. The topological polar surface area (TPSA) is 55.8 Å². The molecule has 1 N–H and O–H groups in total. The van der Waals surface area contributed by atoms with Crippen LogP contribution in [0, 0.1) is 28.6 Å². The molecule has 0 aromatic rings. The zero-order chi connectivity index (χ0) is 19.1. The van der Waals surface area contributed by atoms with Crippen molar-refractivity contribution in [3.8, 4) is 0 Å². The van der Waals surface area contributed by atoms with Crippen molar-refractivity contribution in [2.45, 2.75) is 83.5 Å². The summed E-state index contributed by atoms with van der Waals surface area (Å²) in [4.78, 5) is 12.4. The van der Waals surface area contributed by atoms with E-state index in [0.717, 1.165) is 58.2 Å². The first-order valence-electron chi connectivity index (χ1n) is 11.0. The average molecular weight is 375 g/mol. The van der Waals surface area contributed by atoms with E-state index in [4.69, 9.17) is 9.47 Å². The van der Waals surface area contributed by atoms with Gasteiger partial charge in [0.05, 0.1) is 13.2 Å². The average Bonchev–Trinajstić information content (AvgIpc) is 3.17. The Bertz CT molecular complexity index is 692. The normalized spacial score (nSPS) is 50.7. The Kier molecular flexibility index (Phi) is 3.85. The number of carbonyl (C=O) groups excluding carboxylic acids is 1. The second kappa shape index (κ2) is 5.67. The Balaban J connectivity index is 1.49. The predicted octanol–water partition coefficient (Wildman–Crippen LogP) is 4.01. The van der Waals surface area contributed by atoms with E-state index in [1.54, 1.807) is 12.5 Å². The van der Waals surface area contributed by atoms with Gasteiger partial charge in [0.2, 0.25) is 0 Å². The third kappa shape index (κ3) is 2.24. The molecule has 27 heavy (non-hydrogen) atoms. The second-order valence-corrected chi connectivity index (χ2v) is 10.5. The number of Topliss-reactive ketones (excluding diaryl/α,β-unsaturated/α-hetero) is 1. The van der Waals surface area contributed by atoms with Crippen molar-refractivity contribution in [2.75, 3.05) is 13.2 Å². The summed E-state index contributed by atoms with van der Waals surface area (Å²) >= 11 is 0. The molecular formula is C23H34O4. The molecule has 5 aliphatic rings. The van der Waals surface area contributed by atoms with Crippen molar-refractivity contribution >= 4 is 5.78 Å². The molecule has 1 spiro atoms. The van der Waals surface area contributed by atoms with Crippen LogP contribution in [0.2, 0.25) is 0 Å². The van der Waals surface area contributed by atoms with E-state index in [0.29, 0.717) is 24.2 Å². The molecule has 1 heterocycles. The number of hydrogen-bond acceptors (Lipinski definition) is 4. The van der Waals surface area contributed by atoms with Crippen molar-refractivity contribution in [3.63, 3.8) is 0 Å². The lowest BCUT2D eigenvalue weighted by atomic mass is 9.46. The highest BCUT2D eigenvalue weighted by Crippen LogP contribution is 2.68. The summed E-state index contributed by atoms with van der Waals surface area (Å²) in [5, 5.41) is 11.3. The van der Waals surface area contributed by atoms with Gasteiger partial charge >= 0.3 is 0 Å². The van der Waals surface area contributed by atoms with E-state index in [1.807, 2.05) is 0 Å². The van der Waals surface area contributed by atoms with Crippen LogP contribution in [0.15, 0.2) is 11.6 Å². The SMILES string of the molecule is CC(=O)[C@@]1(O)CC[C@H]2[C@H]3CC=C4CCC5(C[C@]4(C)[C@H]3CC[C@@]21C)OCCO5. The third-order valence-electron chi connectivity index (χ3n) is 9.58. The minimum Gasteiger partial charge on any atom is -0.382 e. The fraction of sp³-hybridized carbons (Fsp3) is 0.870. The molecule has 1 aliphatic heterocycles. The maximum absolute atomic E-state index is 12.4. The Morgan fingerprint density at radius 3 is 2.52 bits per heavy atom. The molecule has 4 fully saturated rings. The first-order chi connectivity index (χ1) is 12.7. The number of carbonyl (C=O) groups is 1. The lowest BCUT2D eigenvalue weighted by Gasteiger charge is -2.59. The highest BCUT2D eigenvalue weighted by atomic mass is 16.7. The summed E-state index contributed by atoms with van der Waals surface area (Å²) in [6, 6.07) is 0. The van der Waals surface area contributed by atoms with Crippen LogP contribution in [0.3, 0.4) is 0 Å². The summed E-state index contributed by atoms with van der Waals surface area (Å²) in [6.07, 6.45) is 10.3. The summed E-state index contributed by atoms with van der Waals surface area (Å²) in [6.45, 7) is 7.65. The quantitative estimate of drug-likeness (QED) is 0.705. The maximum Gasteiger partial charge on any atom is 0.169 e. The van der Waals surface area contributed by atoms with Gasteiger partial charge in [-0.3, -0.25) is 4.79 Å². The van der Waals surface area contributed by atoms with Crippen LogP contribution < -0.4 is 0 Å². The summed E-state index contributed by atoms with van der Waals surface area (Å²) in [5.74, 6) is 1.19. The molecular weight excluding hydrogens is 340 g/mol. The van der Waals surface area contributed by atoms with E-state index < -0.39 is 5.60 Å². The Hall–Kier alpha value is -0.710. The fourth-order valence-electron chi connectivity index (χ4n) is 8.10. The van der Waals surface area contributed by atoms with Gasteiger partial charge in [-0.05, 0) is 68.6 Å². The minimum atomic E-state index is -1.13. The number of fused-ring (bicyclic) bond motifs is 5. The predicted molar refractivity (Wildman–Crippen MR) is 102 cm³/mol. The lowest BCUT2D eigenvalue weighted by molar-refractivity contribution is -0.206. The van der Waals surface area contributed by atoms with Crippen molar-refractivity contribution in [1.29, 1.82) is 0 Å². The van der Waals surface area contributed by atoms with Crippen molar-refractivity contribution < 1.29 is 19.4 Å². The van der Waals surface area contributed by atoms with Gasteiger partial charge in [0.15, 0.2) is 11.6 Å². The van der Waals surface area contributed by atoms with Gasteiger partial charge in [-0.2, -0.15) is 0 Å². The molecule has 0 radical (unpaired) electrons. The molecule has 4 heteroatoms. The molecule has 4 nitrogen and oxygen atoms in total. The highest BCUT2D eigenvalue weighted by molar-refractivity contribution is 5.86. The largest absolute Gasteiger partial charge is 0.382 e. The summed E-state index contributed by atoms with van der Waals surface area (Å²) < 4.78 is 12.2. The Morgan fingerprint density at radius 2 is 1.81 bits per heavy atom. The molecule has 0 bridgehead atoms. The molecule has 150 valence electrons. The van der Waals surface area contributed by atoms with Gasteiger partial charge in [-0.15, -0.1) is 0 Å². The van der Waals surface area contributed by atoms with Crippen molar-refractivity contribution in [1.82, 2.24) is 0 Å². The zero-order valence-electron chi connectivity index (χ0n) is 17.1. The molecule has 5 rings (SSSR count). The van der Waals surface area contributed by atoms with E-state index in [1.165, 1.54) is 0 Å². The first-order valence-corrected chi connectivity index (χ1v) is 11.0. The molecule has 6 atom stereocenters. The number of hydrogen-bond donors (Lipinski definition) is 1. The van der Waals surface area contributed by atoms with Crippen molar-refractivity contribution in [2.24, 2.45) is 28.6 Å². The van der Waals surface area contributed by atoms with Crippen LogP contribution in [-0.4, -0.2) is 35.5 Å². The van der Waals surface area contributed by atoms with Gasteiger partial charge in [0.25, 0.3) is 0 Å². The first kappa shape index (κ1) is 18.3. The highest BCUT2D eigenvalue weighted by Gasteiger charge is 2.66. The van der Waals surface area contributed by atoms with Crippen molar-refractivity contribution in [3.05, 3.63) is 11.6 Å². The number of ether oxygens (including phenoxy) is 2. The number of aliphatic hydroxyl groups is 1. The van der Waals surface area contributed by atoms with E-state index >= 15 is 0 Å². The fourth-order valence-corrected chi connectivity index (χ4v) is 8.10. The van der Waals surface area contributed by atoms with Crippen LogP contribution in [0.1, 0.15) is 72.1 Å². The zero-order valence-corrected chi connectivity index (χ0v) is 17.1. The van der Waals surface area contributed by atoms with Crippen LogP contribution in [0.4, 0.5) is 0 Å². The van der Waals surface area contributed by atoms with Crippen LogP contribution in [0.5, 0.6) is 0 Å². The molecule has 1 saturated heterocycles. The summed E-state index contributed by atoms with van der Waals surface area (Å²) in [5.41, 5.74) is 0.342. The third-order valence-corrected chi connectivity index (χ3v) is 9.58. The van der Waals surface area contributed by atoms with Gasteiger partial charge in [-0.25, -0.2) is 0 Å². The molecule has 0 aromatic heterocycles. The van der Waals surface area contributed by atoms with Crippen LogP contribution in [-0.2, 0) is 14.3 Å². The van der Waals surface area contributed by atoms with E-state index in [-0.39, 0.29) is 22.4 Å². The minimum absolute atomic E-state index is 0.0337. The Labute approximate surface area is 162 Å². The molecule has 0 aromatic carbocycles. The van der Waals surface area contributed by atoms with Gasteiger partial charge in [0.1, 0.15) is 5.60 Å². The van der Waals surface area contributed by atoms with E-state index in [2.05, 4.69) is 19.9 Å². The molecule has 0 amide bonds. The molecule has 4 aliphatic carbocycles. The Morgan fingerprint density at radius 1 is 1.11 bits per heavy atom.